The van der Waals surface area contributed by atoms with Crippen molar-refractivity contribution in [1.82, 2.24) is 24.9 Å². The van der Waals surface area contributed by atoms with Crippen molar-refractivity contribution in [3.8, 4) is 0 Å². The third kappa shape index (κ3) is 14.8. The van der Waals surface area contributed by atoms with Crippen LogP contribution >= 0.6 is 0 Å². The number of aliphatic carboxylic acids is 3. The standard InChI is InChI=1S/C23H43N5O9/c1-23(2,3)24-19(29)5-4-18(22(34)35)28-12-10-25(14-15-37-36)6-7-26(16-20(30)31)8-9-27(11-13-28)17-21(32)33/h18,36H,4-17H2,1-3H3,(H,24,29)(H,30,31)(H,32,33)(H,34,35). The number of carbonyl (C=O) groups excluding carboxylic acids is 1. The van der Waals surface area contributed by atoms with Crippen LogP contribution in [-0.4, -0.2) is 154 Å². The van der Waals surface area contributed by atoms with E-state index in [1.54, 1.807) is 14.7 Å². The number of amides is 1. The van der Waals surface area contributed by atoms with Gasteiger partial charge in [0.15, 0.2) is 0 Å². The molecule has 1 aliphatic rings. The summed E-state index contributed by atoms with van der Waals surface area (Å²) in [5, 5.41) is 40.2. The molecule has 5 N–H and O–H groups in total. The molecule has 0 aliphatic carbocycles. The Morgan fingerprint density at radius 1 is 0.811 bits per heavy atom. The molecule has 1 heterocycles. The molecule has 14 heteroatoms. The van der Waals surface area contributed by atoms with E-state index in [2.05, 4.69) is 10.2 Å². The van der Waals surface area contributed by atoms with Gasteiger partial charge < -0.3 is 20.6 Å². The minimum absolute atomic E-state index is 0.0236. The molecule has 0 aromatic carbocycles. The predicted molar refractivity (Wildman–Crippen MR) is 133 cm³/mol. The maximum atomic E-state index is 12.3. The largest absolute Gasteiger partial charge is 0.480 e. The Kier molecular flexibility index (Phi) is 14.5. The van der Waals surface area contributed by atoms with Gasteiger partial charge in [0.1, 0.15) is 6.04 Å². The van der Waals surface area contributed by atoms with E-state index in [0.717, 1.165) is 0 Å². The van der Waals surface area contributed by atoms with Crippen molar-refractivity contribution in [2.45, 2.75) is 45.2 Å². The second kappa shape index (κ2) is 16.5. The summed E-state index contributed by atoms with van der Waals surface area (Å²) in [7, 11) is 0. The van der Waals surface area contributed by atoms with E-state index in [-0.39, 0.29) is 51.5 Å². The highest BCUT2D eigenvalue weighted by Gasteiger charge is 2.28. The summed E-state index contributed by atoms with van der Waals surface area (Å²) >= 11 is 0. The molecule has 1 unspecified atom stereocenters. The molecule has 0 bridgehead atoms. The molecule has 214 valence electrons. The summed E-state index contributed by atoms with van der Waals surface area (Å²) in [6.07, 6.45) is 0.109. The molecule has 1 atom stereocenters. The minimum atomic E-state index is -1.07. The van der Waals surface area contributed by atoms with Gasteiger partial charge in [0, 0.05) is 70.9 Å². The van der Waals surface area contributed by atoms with Crippen molar-refractivity contribution >= 4 is 23.8 Å². The van der Waals surface area contributed by atoms with Crippen LogP contribution < -0.4 is 5.32 Å². The highest BCUT2D eigenvalue weighted by atomic mass is 17.1. The van der Waals surface area contributed by atoms with Crippen LogP contribution in [0.4, 0.5) is 0 Å². The molecule has 37 heavy (non-hydrogen) atoms. The number of carbonyl (C=O) groups is 4. The van der Waals surface area contributed by atoms with Gasteiger partial charge in [-0.2, -0.15) is 0 Å². The van der Waals surface area contributed by atoms with Crippen LogP contribution in [0, 0.1) is 0 Å². The number of carboxylic acid groups (broad SMARTS) is 3. The van der Waals surface area contributed by atoms with Crippen molar-refractivity contribution in [3.63, 3.8) is 0 Å². The van der Waals surface area contributed by atoms with Gasteiger partial charge in [-0.3, -0.25) is 44.0 Å². The van der Waals surface area contributed by atoms with E-state index in [1.807, 2.05) is 25.7 Å². The Balaban J connectivity index is 3.08. The van der Waals surface area contributed by atoms with E-state index in [1.165, 1.54) is 0 Å². The number of nitrogens with zero attached hydrogens (tertiary/aromatic N) is 4. The quantitative estimate of drug-likeness (QED) is 0.152. The summed E-state index contributed by atoms with van der Waals surface area (Å²) in [6.45, 7) is 8.09. The van der Waals surface area contributed by atoms with E-state index in [4.69, 9.17) is 5.26 Å². The molecule has 1 amide bonds. The van der Waals surface area contributed by atoms with Gasteiger partial charge in [-0.1, -0.05) is 0 Å². The van der Waals surface area contributed by atoms with Crippen LogP contribution in [0.3, 0.4) is 0 Å². The minimum Gasteiger partial charge on any atom is -0.480 e. The Morgan fingerprint density at radius 2 is 1.27 bits per heavy atom. The first kappa shape index (κ1) is 32.7. The normalized spacial score (nSPS) is 18.9. The van der Waals surface area contributed by atoms with E-state index >= 15 is 0 Å². The van der Waals surface area contributed by atoms with Crippen molar-refractivity contribution in [3.05, 3.63) is 0 Å². The first-order valence-corrected chi connectivity index (χ1v) is 12.5. The van der Waals surface area contributed by atoms with Crippen LogP contribution in [0.1, 0.15) is 33.6 Å². The number of hydrogen-bond acceptors (Lipinski definition) is 10. The fourth-order valence-electron chi connectivity index (χ4n) is 4.17. The maximum Gasteiger partial charge on any atom is 0.320 e. The number of nitrogens with one attached hydrogen (secondary N) is 1. The fraction of sp³-hybridized carbons (Fsp3) is 0.826. The lowest BCUT2D eigenvalue weighted by atomic mass is 10.1. The Hall–Kier alpha value is -2.36. The van der Waals surface area contributed by atoms with Gasteiger partial charge in [-0.15, -0.1) is 0 Å². The zero-order valence-corrected chi connectivity index (χ0v) is 22.1. The second-order valence-corrected chi connectivity index (χ2v) is 10.2. The number of rotatable bonds is 12. The Labute approximate surface area is 217 Å². The lowest BCUT2D eigenvalue weighted by Crippen LogP contribution is -2.52. The van der Waals surface area contributed by atoms with Crippen LogP contribution in [-0.2, 0) is 24.1 Å². The molecular weight excluding hydrogens is 490 g/mol. The van der Waals surface area contributed by atoms with Gasteiger partial charge in [0.25, 0.3) is 0 Å². The highest BCUT2D eigenvalue weighted by Crippen LogP contribution is 2.11. The Morgan fingerprint density at radius 3 is 1.70 bits per heavy atom. The lowest BCUT2D eigenvalue weighted by molar-refractivity contribution is -0.244. The zero-order chi connectivity index (χ0) is 28.0. The highest BCUT2D eigenvalue weighted by molar-refractivity contribution is 5.79. The van der Waals surface area contributed by atoms with Crippen molar-refractivity contribution < 1.29 is 44.6 Å². The van der Waals surface area contributed by atoms with Crippen molar-refractivity contribution in [2.24, 2.45) is 0 Å². The maximum absolute atomic E-state index is 12.3. The average Bonchev–Trinajstić information content (AvgIpc) is 2.75. The molecule has 0 radical (unpaired) electrons. The van der Waals surface area contributed by atoms with Crippen LogP contribution in [0.2, 0.25) is 0 Å². The van der Waals surface area contributed by atoms with Gasteiger partial charge in [0.2, 0.25) is 5.91 Å². The molecular formula is C23H43N5O9. The van der Waals surface area contributed by atoms with Crippen LogP contribution in [0.25, 0.3) is 0 Å². The molecule has 1 fully saturated rings. The number of carboxylic acids is 3. The monoisotopic (exact) mass is 533 g/mol. The molecule has 0 aromatic rings. The lowest BCUT2D eigenvalue weighted by Gasteiger charge is -2.35. The molecule has 0 spiro atoms. The first-order chi connectivity index (χ1) is 17.3. The zero-order valence-electron chi connectivity index (χ0n) is 22.1. The molecule has 0 aromatic heterocycles. The second-order valence-electron chi connectivity index (χ2n) is 10.2. The smallest absolute Gasteiger partial charge is 0.320 e. The van der Waals surface area contributed by atoms with Gasteiger partial charge >= 0.3 is 17.9 Å². The molecule has 14 nitrogen and oxygen atoms in total. The summed E-state index contributed by atoms with van der Waals surface area (Å²) in [5.74, 6) is -3.35. The fourth-order valence-corrected chi connectivity index (χ4v) is 4.17. The Bertz CT molecular complexity index is 747. The molecule has 1 saturated heterocycles. The van der Waals surface area contributed by atoms with Crippen LogP contribution in [0.15, 0.2) is 0 Å². The summed E-state index contributed by atoms with van der Waals surface area (Å²) < 4.78 is 0. The summed E-state index contributed by atoms with van der Waals surface area (Å²) in [4.78, 5) is 58.6. The molecule has 1 rings (SSSR count). The summed E-state index contributed by atoms with van der Waals surface area (Å²) in [5.41, 5.74) is -0.440. The molecule has 0 saturated carbocycles. The average molecular weight is 534 g/mol. The van der Waals surface area contributed by atoms with Gasteiger partial charge in [-0.25, -0.2) is 4.89 Å². The van der Waals surface area contributed by atoms with E-state index in [9.17, 15) is 34.5 Å². The van der Waals surface area contributed by atoms with Gasteiger partial charge in [0.05, 0.1) is 19.7 Å². The predicted octanol–water partition coefficient (Wildman–Crippen LogP) is -0.985. The van der Waals surface area contributed by atoms with E-state index < -0.39 is 29.5 Å². The first-order valence-electron chi connectivity index (χ1n) is 12.5. The third-order valence-corrected chi connectivity index (χ3v) is 5.97. The SMILES string of the molecule is CC(C)(C)NC(=O)CCC(C(=O)O)N1CCN(CCOO)CCN(CC(=O)O)CCN(CC(=O)O)CC1. The summed E-state index contributed by atoms with van der Waals surface area (Å²) in [6, 6.07) is -0.959. The van der Waals surface area contributed by atoms with E-state index in [0.29, 0.717) is 45.8 Å². The van der Waals surface area contributed by atoms with Crippen molar-refractivity contribution in [1.29, 1.82) is 0 Å². The third-order valence-electron chi connectivity index (χ3n) is 5.97. The van der Waals surface area contributed by atoms with Crippen molar-refractivity contribution in [2.75, 3.05) is 78.6 Å². The number of hydrogen-bond donors (Lipinski definition) is 5. The topological polar surface area (TPSA) is 183 Å². The molecule has 1 aliphatic heterocycles. The van der Waals surface area contributed by atoms with Crippen LogP contribution in [0.5, 0.6) is 0 Å². The van der Waals surface area contributed by atoms with Gasteiger partial charge in [-0.05, 0) is 27.2 Å².